The average Bonchev–Trinajstić information content (AvgIpc) is 2.87. The van der Waals surface area contributed by atoms with Crippen LogP contribution in [0.5, 0.6) is 0 Å². The van der Waals surface area contributed by atoms with Crippen LogP contribution in [0.4, 0.5) is 5.69 Å². The Balaban J connectivity index is 2.05. The normalized spacial score (nSPS) is 10.9. The van der Waals surface area contributed by atoms with Crippen molar-refractivity contribution in [1.82, 2.24) is 9.55 Å². The maximum Gasteiger partial charge on any atom is 0.234 e. The lowest BCUT2D eigenvalue weighted by molar-refractivity contribution is -0.113. The molecule has 0 aliphatic carbocycles. The van der Waals surface area contributed by atoms with Gasteiger partial charge in [-0.2, -0.15) is 0 Å². The van der Waals surface area contributed by atoms with Crippen LogP contribution in [0, 0.1) is 20.8 Å². The Morgan fingerprint density at radius 2 is 2.00 bits per heavy atom. The zero-order chi connectivity index (χ0) is 18.4. The molecule has 2 aromatic rings. The molecule has 5 heteroatoms. The van der Waals surface area contributed by atoms with E-state index in [9.17, 15) is 4.79 Å². The third-order valence-corrected chi connectivity index (χ3v) is 5.47. The molecule has 0 saturated carbocycles. The summed E-state index contributed by atoms with van der Waals surface area (Å²) >= 11 is 1.52. The van der Waals surface area contributed by atoms with Gasteiger partial charge in [0.2, 0.25) is 5.91 Å². The van der Waals surface area contributed by atoms with E-state index in [1.54, 1.807) is 0 Å². The van der Waals surface area contributed by atoms with Crippen molar-refractivity contribution >= 4 is 23.4 Å². The fraction of sp³-hybridized carbons (Fsp3) is 0.500. The number of thioether (sulfide) groups is 1. The minimum atomic E-state index is 0.0225. The summed E-state index contributed by atoms with van der Waals surface area (Å²) < 4.78 is 2.24. The monoisotopic (exact) mass is 359 g/mol. The Morgan fingerprint density at radius 3 is 2.68 bits per heavy atom. The Kier molecular flexibility index (Phi) is 7.12. The van der Waals surface area contributed by atoms with Crippen molar-refractivity contribution in [3.63, 3.8) is 0 Å². The van der Waals surface area contributed by atoms with Crippen LogP contribution in [0.3, 0.4) is 0 Å². The highest BCUT2D eigenvalue weighted by Gasteiger charge is 2.14. The van der Waals surface area contributed by atoms with Gasteiger partial charge in [0, 0.05) is 17.9 Å². The number of para-hydroxylation sites is 1. The fourth-order valence-electron chi connectivity index (χ4n) is 2.82. The summed E-state index contributed by atoms with van der Waals surface area (Å²) in [4.78, 5) is 17.1. The second-order valence-corrected chi connectivity index (χ2v) is 7.31. The number of carbonyl (C=O) groups excluding carboxylic acids is 1. The quantitative estimate of drug-likeness (QED) is 0.682. The third-order valence-electron chi connectivity index (χ3n) is 4.49. The van der Waals surface area contributed by atoms with E-state index in [2.05, 4.69) is 41.7 Å². The van der Waals surface area contributed by atoms with E-state index in [4.69, 9.17) is 0 Å². The van der Waals surface area contributed by atoms with E-state index in [0.29, 0.717) is 5.75 Å². The van der Waals surface area contributed by atoms with Gasteiger partial charge in [-0.25, -0.2) is 4.98 Å². The van der Waals surface area contributed by atoms with Crippen LogP contribution in [0.25, 0.3) is 0 Å². The second-order valence-electron chi connectivity index (χ2n) is 6.37. The lowest BCUT2D eigenvalue weighted by Crippen LogP contribution is -2.16. The number of benzene rings is 1. The Hall–Kier alpha value is -1.75. The maximum absolute atomic E-state index is 12.5. The zero-order valence-electron chi connectivity index (χ0n) is 16.0. The predicted molar refractivity (Wildman–Crippen MR) is 107 cm³/mol. The first-order valence-corrected chi connectivity index (χ1v) is 10.0. The SMILES string of the molecule is CCCCn1c(SCC(=O)Nc2c(C)cccc2CC)nc(C)c1C. The molecule has 2 rings (SSSR count). The Bertz CT molecular complexity index is 737. The highest BCUT2D eigenvalue weighted by atomic mass is 32.2. The molecule has 0 spiro atoms. The molecule has 0 radical (unpaired) electrons. The summed E-state index contributed by atoms with van der Waals surface area (Å²) in [5, 5.41) is 4.03. The number of hydrogen-bond donors (Lipinski definition) is 1. The van der Waals surface area contributed by atoms with Crippen LogP contribution in [0.15, 0.2) is 23.4 Å². The van der Waals surface area contributed by atoms with Crippen LogP contribution in [0.2, 0.25) is 0 Å². The number of carbonyl (C=O) groups is 1. The van der Waals surface area contributed by atoms with Crippen LogP contribution < -0.4 is 5.32 Å². The first-order chi connectivity index (χ1) is 12.0. The highest BCUT2D eigenvalue weighted by Crippen LogP contribution is 2.24. The van der Waals surface area contributed by atoms with E-state index in [-0.39, 0.29) is 5.91 Å². The molecule has 1 heterocycles. The van der Waals surface area contributed by atoms with E-state index >= 15 is 0 Å². The number of rotatable bonds is 8. The molecule has 0 bridgehead atoms. The lowest BCUT2D eigenvalue weighted by atomic mass is 10.1. The standard InChI is InChI=1S/C20H29N3OS/c1-6-8-12-23-16(5)15(4)21-20(23)25-13-18(24)22-19-14(3)10-9-11-17(19)7-2/h9-11H,6-8,12-13H2,1-5H3,(H,22,24). The van der Waals surface area contributed by atoms with Gasteiger partial charge in [-0.1, -0.05) is 50.2 Å². The molecule has 0 aliphatic heterocycles. The largest absolute Gasteiger partial charge is 0.325 e. The summed E-state index contributed by atoms with van der Waals surface area (Å²) in [5.41, 5.74) is 5.48. The molecular formula is C20H29N3OS. The van der Waals surface area contributed by atoms with Crippen molar-refractivity contribution in [3.8, 4) is 0 Å². The number of amides is 1. The molecule has 0 aliphatic rings. The number of nitrogens with one attached hydrogen (secondary N) is 1. The number of unbranched alkanes of at least 4 members (excludes halogenated alkanes) is 1. The molecule has 4 nitrogen and oxygen atoms in total. The molecule has 0 saturated heterocycles. The molecule has 136 valence electrons. The van der Waals surface area contributed by atoms with Gasteiger partial charge in [0.15, 0.2) is 5.16 Å². The average molecular weight is 360 g/mol. The summed E-state index contributed by atoms with van der Waals surface area (Å²) in [6.45, 7) is 11.4. The van der Waals surface area contributed by atoms with Crippen molar-refractivity contribution in [2.24, 2.45) is 0 Å². The van der Waals surface area contributed by atoms with Gasteiger partial charge >= 0.3 is 0 Å². The molecule has 1 N–H and O–H groups in total. The van der Waals surface area contributed by atoms with Crippen LogP contribution in [-0.4, -0.2) is 21.2 Å². The van der Waals surface area contributed by atoms with Gasteiger partial charge < -0.3 is 9.88 Å². The Labute approximate surface area is 155 Å². The maximum atomic E-state index is 12.5. The molecule has 0 fully saturated rings. The van der Waals surface area contributed by atoms with Crippen molar-refractivity contribution in [1.29, 1.82) is 0 Å². The predicted octanol–water partition coefficient (Wildman–Crippen LogP) is 4.90. The molecule has 0 atom stereocenters. The van der Waals surface area contributed by atoms with Gasteiger partial charge in [0.05, 0.1) is 11.4 Å². The smallest absolute Gasteiger partial charge is 0.234 e. The molecule has 1 aromatic carbocycles. The third kappa shape index (κ3) is 4.88. The minimum absolute atomic E-state index is 0.0225. The van der Waals surface area contributed by atoms with Crippen LogP contribution in [0.1, 0.15) is 49.2 Å². The van der Waals surface area contributed by atoms with E-state index in [1.165, 1.54) is 23.0 Å². The lowest BCUT2D eigenvalue weighted by Gasteiger charge is -2.13. The van der Waals surface area contributed by atoms with E-state index in [0.717, 1.165) is 47.9 Å². The summed E-state index contributed by atoms with van der Waals surface area (Å²) in [6, 6.07) is 6.14. The van der Waals surface area contributed by atoms with Crippen molar-refractivity contribution in [2.75, 3.05) is 11.1 Å². The second kappa shape index (κ2) is 9.09. The molecule has 25 heavy (non-hydrogen) atoms. The summed E-state index contributed by atoms with van der Waals surface area (Å²) in [6.07, 6.45) is 3.18. The number of aromatic nitrogens is 2. The zero-order valence-corrected chi connectivity index (χ0v) is 16.8. The Morgan fingerprint density at radius 1 is 1.24 bits per heavy atom. The van der Waals surface area contributed by atoms with E-state index < -0.39 is 0 Å². The molecule has 1 amide bonds. The molecule has 0 unspecified atom stereocenters. The van der Waals surface area contributed by atoms with Crippen LogP contribution >= 0.6 is 11.8 Å². The number of aryl methyl sites for hydroxylation is 3. The number of imidazole rings is 1. The van der Waals surface area contributed by atoms with Crippen LogP contribution in [-0.2, 0) is 17.8 Å². The number of anilines is 1. The van der Waals surface area contributed by atoms with Gasteiger partial charge in [0.25, 0.3) is 0 Å². The van der Waals surface area contributed by atoms with Gasteiger partial charge in [0.1, 0.15) is 0 Å². The topological polar surface area (TPSA) is 46.9 Å². The van der Waals surface area contributed by atoms with Crippen molar-refractivity contribution in [2.45, 2.75) is 65.6 Å². The number of hydrogen-bond acceptors (Lipinski definition) is 3. The van der Waals surface area contributed by atoms with Crippen molar-refractivity contribution < 1.29 is 4.79 Å². The molecule has 1 aromatic heterocycles. The number of nitrogens with zero attached hydrogens (tertiary/aromatic N) is 2. The molecular weight excluding hydrogens is 330 g/mol. The first kappa shape index (κ1) is 19.6. The minimum Gasteiger partial charge on any atom is -0.325 e. The summed E-state index contributed by atoms with van der Waals surface area (Å²) in [5.74, 6) is 0.397. The van der Waals surface area contributed by atoms with Gasteiger partial charge in [-0.05, 0) is 44.7 Å². The summed E-state index contributed by atoms with van der Waals surface area (Å²) in [7, 11) is 0. The van der Waals surface area contributed by atoms with E-state index in [1.807, 2.05) is 26.0 Å². The first-order valence-electron chi connectivity index (χ1n) is 9.02. The van der Waals surface area contributed by atoms with Gasteiger partial charge in [-0.15, -0.1) is 0 Å². The fourth-order valence-corrected chi connectivity index (χ4v) is 3.74. The van der Waals surface area contributed by atoms with Gasteiger partial charge in [-0.3, -0.25) is 4.79 Å². The highest BCUT2D eigenvalue weighted by molar-refractivity contribution is 7.99. The van der Waals surface area contributed by atoms with Crippen molar-refractivity contribution in [3.05, 3.63) is 40.7 Å².